The lowest BCUT2D eigenvalue weighted by molar-refractivity contribution is 1.50. The van der Waals surface area contributed by atoms with E-state index in [2.05, 4.69) is 0 Å². The number of nitrogens with one attached hydrogen (secondary N) is 2. The number of rotatable bonds is 2. The fraction of sp³-hybridized carbons (Fsp3) is 0.200. The van der Waals surface area contributed by atoms with Crippen LogP contribution in [0.4, 0.5) is 0 Å². The van der Waals surface area contributed by atoms with E-state index in [4.69, 9.17) is 10.8 Å². The van der Waals surface area contributed by atoms with Crippen LogP contribution in [-0.2, 0) is 0 Å². The largest absolute Gasteiger partial charge is 0.309 e. The SMILES string of the molecule is CC(=N)/C=C\C=N. The van der Waals surface area contributed by atoms with E-state index in [0.717, 1.165) is 6.21 Å². The Kier molecular flexibility index (Phi) is 2.85. The molecule has 0 atom stereocenters. The monoisotopic (exact) mass is 96.1 g/mol. The molecule has 2 N–H and O–H groups in total. The summed E-state index contributed by atoms with van der Waals surface area (Å²) >= 11 is 0. The fourth-order valence-corrected chi connectivity index (χ4v) is 0.192. The summed E-state index contributed by atoms with van der Waals surface area (Å²) in [7, 11) is 0. The van der Waals surface area contributed by atoms with Crippen molar-refractivity contribution in [3.8, 4) is 0 Å². The van der Waals surface area contributed by atoms with Crippen LogP contribution in [0.2, 0.25) is 0 Å². The topological polar surface area (TPSA) is 47.7 Å². The van der Waals surface area contributed by atoms with Crippen LogP contribution in [0.3, 0.4) is 0 Å². The summed E-state index contributed by atoms with van der Waals surface area (Å²) in [6.07, 6.45) is 4.23. The summed E-state index contributed by atoms with van der Waals surface area (Å²) < 4.78 is 0. The second-order valence-corrected chi connectivity index (χ2v) is 1.21. The van der Waals surface area contributed by atoms with Crippen LogP contribution >= 0.6 is 0 Å². The Bertz CT molecular complexity index is 103. The zero-order chi connectivity index (χ0) is 5.70. The Morgan fingerprint density at radius 1 is 1.57 bits per heavy atom. The van der Waals surface area contributed by atoms with E-state index in [1.165, 1.54) is 6.08 Å². The molecule has 0 bridgehead atoms. The molecule has 0 aliphatic rings. The highest BCUT2D eigenvalue weighted by atomic mass is 14.4. The van der Waals surface area contributed by atoms with Gasteiger partial charge in [-0.2, -0.15) is 0 Å². The lowest BCUT2D eigenvalue weighted by atomic mass is 10.4. The first kappa shape index (κ1) is 6.08. The maximum Gasteiger partial charge on any atom is 0.0283 e. The second kappa shape index (κ2) is 3.28. The first-order chi connectivity index (χ1) is 3.27. The summed E-state index contributed by atoms with van der Waals surface area (Å²) in [6.45, 7) is 1.67. The Labute approximate surface area is 42.9 Å². The summed E-state index contributed by atoms with van der Waals surface area (Å²) in [5.74, 6) is 0. The molecule has 0 aliphatic carbocycles. The molecule has 38 valence electrons. The van der Waals surface area contributed by atoms with E-state index < -0.39 is 0 Å². The minimum absolute atomic E-state index is 0.475. The van der Waals surface area contributed by atoms with Gasteiger partial charge in [0.1, 0.15) is 0 Å². The van der Waals surface area contributed by atoms with Crippen molar-refractivity contribution >= 4 is 11.9 Å². The molecule has 0 radical (unpaired) electrons. The average molecular weight is 96.1 g/mol. The summed E-state index contributed by atoms with van der Waals surface area (Å²) in [5, 5.41) is 13.3. The van der Waals surface area contributed by atoms with Gasteiger partial charge in [-0.3, -0.25) is 0 Å². The van der Waals surface area contributed by atoms with Gasteiger partial charge in [-0.15, -0.1) is 0 Å². The van der Waals surface area contributed by atoms with Crippen LogP contribution in [0.15, 0.2) is 12.2 Å². The third-order valence-electron chi connectivity index (χ3n) is 0.442. The van der Waals surface area contributed by atoms with E-state index in [0.29, 0.717) is 5.71 Å². The van der Waals surface area contributed by atoms with Gasteiger partial charge in [0, 0.05) is 11.9 Å². The van der Waals surface area contributed by atoms with Crippen molar-refractivity contribution in [1.29, 1.82) is 10.8 Å². The van der Waals surface area contributed by atoms with Crippen LogP contribution in [0.5, 0.6) is 0 Å². The molecule has 0 aromatic heterocycles. The molecule has 0 aromatic rings. The van der Waals surface area contributed by atoms with Crippen LogP contribution in [-0.4, -0.2) is 11.9 Å². The lowest BCUT2D eigenvalue weighted by Crippen LogP contribution is -1.76. The molecule has 0 amide bonds. The van der Waals surface area contributed by atoms with Crippen molar-refractivity contribution in [3.63, 3.8) is 0 Å². The van der Waals surface area contributed by atoms with Crippen LogP contribution in [0.1, 0.15) is 6.92 Å². The zero-order valence-electron chi connectivity index (χ0n) is 4.23. The molecule has 0 aliphatic heterocycles. The maximum absolute atomic E-state index is 6.81. The smallest absolute Gasteiger partial charge is 0.0283 e. The van der Waals surface area contributed by atoms with Gasteiger partial charge in [0.25, 0.3) is 0 Å². The van der Waals surface area contributed by atoms with Gasteiger partial charge in [-0.05, 0) is 19.1 Å². The average Bonchev–Trinajstić information content (AvgIpc) is 1.61. The number of hydrogen-bond acceptors (Lipinski definition) is 2. The minimum atomic E-state index is 0.475. The summed E-state index contributed by atoms with van der Waals surface area (Å²) in [4.78, 5) is 0. The zero-order valence-corrected chi connectivity index (χ0v) is 4.23. The molecule has 2 heteroatoms. The molecule has 0 saturated carbocycles. The van der Waals surface area contributed by atoms with Gasteiger partial charge in [-0.25, -0.2) is 0 Å². The highest BCUT2D eigenvalue weighted by Crippen LogP contribution is 1.69. The first-order valence-electron chi connectivity index (χ1n) is 1.99. The first-order valence-corrected chi connectivity index (χ1v) is 1.99. The molecule has 0 heterocycles. The summed E-state index contributed by atoms with van der Waals surface area (Å²) in [5.41, 5.74) is 0.475. The molecule has 2 nitrogen and oxygen atoms in total. The number of allylic oxidation sites excluding steroid dienone is 2. The maximum atomic E-state index is 6.81. The van der Waals surface area contributed by atoms with Crippen molar-refractivity contribution in [1.82, 2.24) is 0 Å². The third-order valence-corrected chi connectivity index (χ3v) is 0.442. The van der Waals surface area contributed by atoms with Crippen molar-refractivity contribution in [3.05, 3.63) is 12.2 Å². The van der Waals surface area contributed by atoms with Crippen molar-refractivity contribution in [2.24, 2.45) is 0 Å². The van der Waals surface area contributed by atoms with Crippen LogP contribution in [0, 0.1) is 10.8 Å². The Balaban J connectivity index is 3.46. The Morgan fingerprint density at radius 3 is 2.29 bits per heavy atom. The molecular weight excluding hydrogens is 88.1 g/mol. The van der Waals surface area contributed by atoms with Gasteiger partial charge >= 0.3 is 0 Å². The number of hydrogen-bond donors (Lipinski definition) is 2. The molecule has 0 aromatic carbocycles. The lowest BCUT2D eigenvalue weighted by Gasteiger charge is -1.74. The molecule has 0 rings (SSSR count). The fourth-order valence-electron chi connectivity index (χ4n) is 0.192. The normalized spacial score (nSPS) is 9.29. The predicted molar refractivity (Wildman–Crippen MR) is 31.3 cm³/mol. The highest BCUT2D eigenvalue weighted by molar-refractivity contribution is 5.93. The highest BCUT2D eigenvalue weighted by Gasteiger charge is 1.68. The minimum Gasteiger partial charge on any atom is -0.309 e. The van der Waals surface area contributed by atoms with Gasteiger partial charge in [-0.1, -0.05) is 0 Å². The van der Waals surface area contributed by atoms with E-state index >= 15 is 0 Å². The quantitative estimate of drug-likeness (QED) is 0.486. The molecule has 0 unspecified atom stereocenters. The van der Waals surface area contributed by atoms with E-state index in [-0.39, 0.29) is 0 Å². The molecule has 0 saturated heterocycles. The van der Waals surface area contributed by atoms with Crippen molar-refractivity contribution < 1.29 is 0 Å². The summed E-state index contributed by atoms with van der Waals surface area (Å²) in [6, 6.07) is 0. The standard InChI is InChI=1S/C5H8N2/c1-5(7)3-2-4-6/h2-4,6-7H,1H3/b3-2-,6-4?,7-5?. The molecule has 0 spiro atoms. The Morgan fingerprint density at radius 2 is 2.14 bits per heavy atom. The van der Waals surface area contributed by atoms with Crippen molar-refractivity contribution in [2.45, 2.75) is 6.92 Å². The van der Waals surface area contributed by atoms with Crippen molar-refractivity contribution in [2.75, 3.05) is 0 Å². The van der Waals surface area contributed by atoms with E-state index in [1.807, 2.05) is 0 Å². The van der Waals surface area contributed by atoms with E-state index in [9.17, 15) is 0 Å². The second-order valence-electron chi connectivity index (χ2n) is 1.21. The van der Waals surface area contributed by atoms with Crippen LogP contribution in [0.25, 0.3) is 0 Å². The third kappa shape index (κ3) is 5.08. The van der Waals surface area contributed by atoms with E-state index in [1.54, 1.807) is 13.0 Å². The predicted octanol–water partition coefficient (Wildman–Crippen LogP) is 1.23. The van der Waals surface area contributed by atoms with Gasteiger partial charge in [0.15, 0.2) is 0 Å². The van der Waals surface area contributed by atoms with Crippen LogP contribution < -0.4 is 0 Å². The Hall–Kier alpha value is -0.920. The molecular formula is C5H8N2. The van der Waals surface area contributed by atoms with Gasteiger partial charge in [0.05, 0.1) is 0 Å². The molecule has 0 fully saturated rings. The van der Waals surface area contributed by atoms with Gasteiger partial charge in [0.2, 0.25) is 0 Å². The molecule has 7 heavy (non-hydrogen) atoms. The van der Waals surface area contributed by atoms with Gasteiger partial charge < -0.3 is 10.8 Å².